The second-order valence-electron chi connectivity index (χ2n) is 4.55. The van der Waals surface area contributed by atoms with Gasteiger partial charge in [-0.05, 0) is 18.6 Å². The molecule has 0 radical (unpaired) electrons. The van der Waals surface area contributed by atoms with Crippen LogP contribution in [0, 0.1) is 11.8 Å². The molecule has 0 spiro atoms. The number of aromatic carboxylic acids is 1. The second-order valence-corrected chi connectivity index (χ2v) is 5.39. The van der Waals surface area contributed by atoms with Gasteiger partial charge < -0.3 is 5.11 Å². The molecule has 1 heterocycles. The summed E-state index contributed by atoms with van der Waals surface area (Å²) in [4.78, 5) is 36.1. The van der Waals surface area contributed by atoms with E-state index >= 15 is 0 Å². The van der Waals surface area contributed by atoms with Gasteiger partial charge in [-0.15, -0.1) is 0 Å². The molecule has 1 N–H and O–H groups in total. The summed E-state index contributed by atoms with van der Waals surface area (Å²) in [5.41, 5.74) is -0.332. The lowest BCUT2D eigenvalue weighted by atomic mass is 10.1. The van der Waals surface area contributed by atoms with Gasteiger partial charge in [-0.2, -0.15) is 0 Å². The maximum Gasteiger partial charge on any atom is 0.337 e. The molecule has 2 fully saturated rings. The normalized spacial score (nSPS) is 24.6. The number of amides is 2. The lowest BCUT2D eigenvalue weighted by Gasteiger charge is -2.20. The van der Waals surface area contributed by atoms with E-state index in [1.54, 1.807) is 0 Å². The SMILES string of the molecule is O=C(O)c1cc(Cl)cc(Cl)c1N1C(=O)C2CC2C1=O. The highest BCUT2D eigenvalue weighted by Crippen LogP contribution is 2.50. The first-order valence-corrected chi connectivity index (χ1v) is 6.27. The molecule has 7 heteroatoms. The summed E-state index contributed by atoms with van der Waals surface area (Å²) in [7, 11) is 0. The van der Waals surface area contributed by atoms with Crippen LogP contribution in [0.1, 0.15) is 16.8 Å². The molecule has 1 aliphatic heterocycles. The van der Waals surface area contributed by atoms with Crippen molar-refractivity contribution in [1.29, 1.82) is 0 Å². The molecule has 3 rings (SSSR count). The molecule has 98 valence electrons. The highest BCUT2D eigenvalue weighted by atomic mass is 35.5. The summed E-state index contributed by atoms with van der Waals surface area (Å²) in [5.74, 6) is -2.70. The maximum atomic E-state index is 12.0. The number of carboxylic acid groups (broad SMARTS) is 1. The van der Waals surface area contributed by atoms with Gasteiger partial charge in [0.1, 0.15) is 0 Å². The average Bonchev–Trinajstić information content (AvgIpc) is 3.06. The van der Waals surface area contributed by atoms with Gasteiger partial charge in [-0.1, -0.05) is 23.2 Å². The number of fused-ring (bicyclic) bond motifs is 1. The lowest BCUT2D eigenvalue weighted by molar-refractivity contribution is -0.123. The van der Waals surface area contributed by atoms with Gasteiger partial charge in [-0.3, -0.25) is 9.59 Å². The first kappa shape index (κ1) is 12.4. The third-order valence-electron chi connectivity index (χ3n) is 3.35. The number of piperidine rings is 1. The predicted octanol–water partition coefficient (Wildman–Crippen LogP) is 2.20. The smallest absolute Gasteiger partial charge is 0.337 e. The van der Waals surface area contributed by atoms with Crippen LogP contribution in [0.5, 0.6) is 0 Å². The molecule has 19 heavy (non-hydrogen) atoms. The fourth-order valence-electron chi connectivity index (χ4n) is 2.36. The number of carboxylic acids is 1. The van der Waals surface area contributed by atoms with E-state index in [2.05, 4.69) is 0 Å². The summed E-state index contributed by atoms with van der Waals surface area (Å²) in [6, 6.07) is 2.49. The quantitative estimate of drug-likeness (QED) is 0.850. The van der Waals surface area contributed by atoms with E-state index in [9.17, 15) is 14.4 Å². The van der Waals surface area contributed by atoms with Crippen molar-refractivity contribution in [3.63, 3.8) is 0 Å². The minimum atomic E-state index is -1.29. The fourth-order valence-corrected chi connectivity index (χ4v) is 2.94. The van der Waals surface area contributed by atoms with Gasteiger partial charge in [0.15, 0.2) is 0 Å². The molecule has 2 unspecified atom stereocenters. The third kappa shape index (κ3) is 1.73. The average molecular weight is 300 g/mol. The Balaban J connectivity index is 2.17. The van der Waals surface area contributed by atoms with Crippen LogP contribution >= 0.6 is 23.2 Å². The zero-order valence-corrected chi connectivity index (χ0v) is 10.9. The molecule has 1 saturated carbocycles. The number of imide groups is 1. The standard InChI is InChI=1S/C12H7Cl2NO4/c13-4-1-7(12(18)19)9(8(14)2-4)15-10(16)5-3-6(5)11(15)17/h1-2,5-6H,3H2,(H,18,19). The van der Waals surface area contributed by atoms with E-state index in [-0.39, 0.29) is 44.9 Å². The van der Waals surface area contributed by atoms with Gasteiger partial charge in [0, 0.05) is 5.02 Å². The topological polar surface area (TPSA) is 74.7 Å². The second kappa shape index (κ2) is 3.95. The van der Waals surface area contributed by atoms with Crippen molar-refractivity contribution in [3.8, 4) is 0 Å². The molecule has 1 aliphatic carbocycles. The number of rotatable bonds is 2. The Labute approximate surface area is 117 Å². The van der Waals surface area contributed by atoms with Crippen molar-refractivity contribution >= 4 is 46.7 Å². The highest BCUT2D eigenvalue weighted by molar-refractivity contribution is 6.40. The van der Waals surface area contributed by atoms with Crippen molar-refractivity contribution in [2.45, 2.75) is 6.42 Å². The van der Waals surface area contributed by atoms with Crippen molar-refractivity contribution < 1.29 is 19.5 Å². The van der Waals surface area contributed by atoms with Crippen LogP contribution < -0.4 is 4.90 Å². The number of nitrogens with zero attached hydrogens (tertiary/aromatic N) is 1. The lowest BCUT2D eigenvalue weighted by Crippen LogP contribution is -2.34. The molecule has 2 amide bonds. The first-order valence-electron chi connectivity index (χ1n) is 5.52. The van der Waals surface area contributed by atoms with E-state index in [1.165, 1.54) is 12.1 Å². The van der Waals surface area contributed by atoms with Gasteiger partial charge in [0.2, 0.25) is 11.8 Å². The highest BCUT2D eigenvalue weighted by Gasteiger charge is 2.60. The van der Waals surface area contributed by atoms with E-state index < -0.39 is 5.97 Å². The van der Waals surface area contributed by atoms with E-state index in [1.807, 2.05) is 0 Å². The largest absolute Gasteiger partial charge is 0.478 e. The number of benzene rings is 1. The molecule has 0 aromatic heterocycles. The molecule has 2 atom stereocenters. The van der Waals surface area contributed by atoms with Crippen molar-refractivity contribution in [3.05, 3.63) is 27.7 Å². The number of carbonyl (C=O) groups excluding carboxylic acids is 2. The Bertz CT molecular complexity index is 623. The summed E-state index contributed by atoms with van der Waals surface area (Å²) in [5, 5.41) is 9.27. The minimum absolute atomic E-state index is 0.0205. The Kier molecular flexibility index (Phi) is 2.59. The molecule has 2 aliphatic rings. The van der Waals surface area contributed by atoms with Gasteiger partial charge in [-0.25, -0.2) is 9.69 Å². The van der Waals surface area contributed by atoms with Gasteiger partial charge in [0.25, 0.3) is 0 Å². The van der Waals surface area contributed by atoms with E-state index in [0.29, 0.717) is 6.42 Å². The Morgan fingerprint density at radius 1 is 1.21 bits per heavy atom. The zero-order valence-electron chi connectivity index (χ0n) is 9.39. The molecule has 1 aromatic carbocycles. The van der Waals surface area contributed by atoms with Crippen LogP contribution in [-0.4, -0.2) is 22.9 Å². The molecule has 5 nitrogen and oxygen atoms in total. The van der Waals surface area contributed by atoms with Crippen LogP contribution in [0.15, 0.2) is 12.1 Å². The van der Waals surface area contributed by atoms with E-state index in [4.69, 9.17) is 28.3 Å². The van der Waals surface area contributed by atoms with Crippen LogP contribution in [-0.2, 0) is 9.59 Å². The Hall–Kier alpha value is -1.59. The van der Waals surface area contributed by atoms with Gasteiger partial charge >= 0.3 is 5.97 Å². The zero-order chi connectivity index (χ0) is 13.9. The predicted molar refractivity (Wildman–Crippen MR) is 67.5 cm³/mol. The van der Waals surface area contributed by atoms with Crippen LogP contribution in [0.4, 0.5) is 5.69 Å². The van der Waals surface area contributed by atoms with Crippen LogP contribution in [0.2, 0.25) is 10.0 Å². The summed E-state index contributed by atoms with van der Waals surface area (Å²) >= 11 is 11.7. The maximum absolute atomic E-state index is 12.0. The minimum Gasteiger partial charge on any atom is -0.478 e. The summed E-state index contributed by atoms with van der Waals surface area (Å²) in [6.07, 6.45) is 0.543. The number of anilines is 1. The monoisotopic (exact) mass is 299 g/mol. The number of halogens is 2. The first-order chi connectivity index (χ1) is 8.91. The molecule has 0 bridgehead atoms. The number of hydrogen-bond donors (Lipinski definition) is 1. The van der Waals surface area contributed by atoms with Gasteiger partial charge in [0.05, 0.1) is 28.1 Å². The van der Waals surface area contributed by atoms with Crippen LogP contribution in [0.25, 0.3) is 0 Å². The summed E-state index contributed by atoms with van der Waals surface area (Å²) in [6.45, 7) is 0. The molecule has 1 aromatic rings. The number of hydrogen-bond acceptors (Lipinski definition) is 3. The summed E-state index contributed by atoms with van der Waals surface area (Å²) < 4.78 is 0. The fraction of sp³-hybridized carbons (Fsp3) is 0.250. The molecular weight excluding hydrogens is 293 g/mol. The molecular formula is C12H7Cl2NO4. The van der Waals surface area contributed by atoms with Crippen molar-refractivity contribution in [2.75, 3.05) is 4.90 Å². The van der Waals surface area contributed by atoms with Crippen molar-refractivity contribution in [1.82, 2.24) is 0 Å². The van der Waals surface area contributed by atoms with E-state index in [0.717, 1.165) is 4.90 Å². The Morgan fingerprint density at radius 3 is 2.32 bits per heavy atom. The Morgan fingerprint density at radius 2 is 1.79 bits per heavy atom. The van der Waals surface area contributed by atoms with Crippen LogP contribution in [0.3, 0.4) is 0 Å². The molecule has 1 saturated heterocycles. The number of carbonyl (C=O) groups is 3. The van der Waals surface area contributed by atoms with Crippen molar-refractivity contribution in [2.24, 2.45) is 11.8 Å². The third-order valence-corrected chi connectivity index (χ3v) is 3.85.